The molecule has 0 atom stereocenters. The fourth-order valence-electron chi connectivity index (χ4n) is 1.68. The van der Waals surface area contributed by atoms with Crippen LogP contribution in [0.2, 0.25) is 0 Å². The van der Waals surface area contributed by atoms with E-state index in [2.05, 4.69) is 20.5 Å². The Labute approximate surface area is 111 Å². The maximum atomic E-state index is 5.71. The molecule has 2 heterocycles. The van der Waals surface area contributed by atoms with Crippen molar-refractivity contribution < 1.29 is 4.74 Å². The van der Waals surface area contributed by atoms with E-state index < -0.39 is 0 Å². The van der Waals surface area contributed by atoms with Crippen LogP contribution in [0.3, 0.4) is 0 Å². The summed E-state index contributed by atoms with van der Waals surface area (Å²) in [6.07, 6.45) is 2.67. The van der Waals surface area contributed by atoms with Gasteiger partial charge in [0.2, 0.25) is 0 Å². The van der Waals surface area contributed by atoms with Crippen molar-refractivity contribution in [3.63, 3.8) is 0 Å². The van der Waals surface area contributed by atoms with Gasteiger partial charge in [-0.1, -0.05) is 6.07 Å². The van der Waals surface area contributed by atoms with E-state index in [1.807, 2.05) is 28.8 Å². The molecule has 0 saturated heterocycles. The first-order valence-electron chi connectivity index (χ1n) is 6.12. The summed E-state index contributed by atoms with van der Waals surface area (Å²) >= 11 is 0. The Morgan fingerprint density at radius 1 is 1.47 bits per heavy atom. The maximum absolute atomic E-state index is 5.71. The molecule has 3 N–H and O–H groups in total. The zero-order chi connectivity index (χ0) is 13.5. The van der Waals surface area contributed by atoms with Crippen molar-refractivity contribution in [2.75, 3.05) is 26.8 Å². The second-order valence-corrected chi connectivity index (χ2v) is 3.98. The average Bonchev–Trinajstić information content (AvgIpc) is 2.83. The highest BCUT2D eigenvalue weighted by Gasteiger charge is 2.03. The molecule has 0 bridgehead atoms. The van der Waals surface area contributed by atoms with Crippen molar-refractivity contribution in [2.45, 2.75) is 6.42 Å². The number of nitrogens with one attached hydrogen (secondary N) is 1. The number of hydrogen-bond donors (Lipinski definition) is 2. The van der Waals surface area contributed by atoms with Gasteiger partial charge >= 0.3 is 0 Å². The monoisotopic (exact) mass is 262 g/mol. The van der Waals surface area contributed by atoms with Gasteiger partial charge in [0.1, 0.15) is 5.82 Å². The normalized spacial score (nSPS) is 11.9. The smallest absolute Gasteiger partial charge is 0.188 e. The Bertz CT molecular complexity index is 550. The Morgan fingerprint density at radius 2 is 2.37 bits per heavy atom. The first-order chi connectivity index (χ1) is 9.31. The minimum atomic E-state index is 0.422. The molecule has 0 spiro atoms. The Hall–Kier alpha value is -2.15. The minimum Gasteiger partial charge on any atom is -0.383 e. The molecule has 0 saturated carbocycles. The van der Waals surface area contributed by atoms with Gasteiger partial charge in [-0.2, -0.15) is 0 Å². The number of ether oxygens (including phenoxy) is 1. The van der Waals surface area contributed by atoms with Crippen molar-refractivity contribution in [3.8, 4) is 0 Å². The molecule has 7 heteroatoms. The molecule has 2 aromatic heterocycles. The molecule has 0 fully saturated rings. The van der Waals surface area contributed by atoms with E-state index in [0.29, 0.717) is 25.7 Å². The molecule has 0 aliphatic rings. The van der Waals surface area contributed by atoms with E-state index in [0.717, 1.165) is 17.9 Å². The van der Waals surface area contributed by atoms with Gasteiger partial charge in [-0.25, -0.2) is 0 Å². The molecular weight excluding hydrogens is 244 g/mol. The van der Waals surface area contributed by atoms with E-state index in [9.17, 15) is 0 Å². The second kappa shape index (κ2) is 6.69. The molecule has 0 amide bonds. The van der Waals surface area contributed by atoms with E-state index in [-0.39, 0.29) is 0 Å². The van der Waals surface area contributed by atoms with E-state index in [4.69, 9.17) is 10.5 Å². The van der Waals surface area contributed by atoms with E-state index >= 15 is 0 Å². The van der Waals surface area contributed by atoms with E-state index in [1.165, 1.54) is 0 Å². The Morgan fingerprint density at radius 3 is 3.21 bits per heavy atom. The van der Waals surface area contributed by atoms with Crippen molar-refractivity contribution in [3.05, 3.63) is 30.2 Å². The summed E-state index contributed by atoms with van der Waals surface area (Å²) in [5.74, 6) is 1.32. The van der Waals surface area contributed by atoms with Crippen LogP contribution in [0.15, 0.2) is 29.4 Å². The number of methoxy groups -OCH3 is 1. The van der Waals surface area contributed by atoms with Crippen LogP contribution in [-0.2, 0) is 11.2 Å². The van der Waals surface area contributed by atoms with Gasteiger partial charge in [-0.05, 0) is 12.1 Å². The van der Waals surface area contributed by atoms with Gasteiger partial charge in [0, 0.05) is 26.3 Å². The zero-order valence-corrected chi connectivity index (χ0v) is 10.9. The number of nitrogens with zero attached hydrogens (tertiary/aromatic N) is 4. The molecule has 2 aromatic rings. The highest BCUT2D eigenvalue weighted by molar-refractivity contribution is 5.77. The van der Waals surface area contributed by atoms with E-state index in [1.54, 1.807) is 7.11 Å². The lowest BCUT2D eigenvalue weighted by Crippen LogP contribution is -2.33. The highest BCUT2D eigenvalue weighted by atomic mass is 16.5. The summed E-state index contributed by atoms with van der Waals surface area (Å²) in [5, 5.41) is 11.3. The standard InChI is InChI=1S/C12H18N6O/c1-19-9-7-15-12(13)14-6-5-11-17-16-10-4-2-3-8-18(10)11/h2-4,8H,5-7,9H2,1H3,(H3,13,14,15). The van der Waals surface area contributed by atoms with Crippen LogP contribution in [0, 0.1) is 0 Å². The van der Waals surface area contributed by atoms with Gasteiger partial charge in [-0.15, -0.1) is 10.2 Å². The third kappa shape index (κ3) is 3.65. The van der Waals surface area contributed by atoms with Crippen LogP contribution in [0.4, 0.5) is 0 Å². The lowest BCUT2D eigenvalue weighted by atomic mass is 10.4. The first kappa shape index (κ1) is 13.3. The Balaban J connectivity index is 1.84. The van der Waals surface area contributed by atoms with Crippen LogP contribution >= 0.6 is 0 Å². The third-order valence-electron chi connectivity index (χ3n) is 2.62. The number of nitrogens with two attached hydrogens (primary N) is 1. The maximum Gasteiger partial charge on any atom is 0.188 e. The number of fused-ring (bicyclic) bond motifs is 1. The molecule has 0 aliphatic carbocycles. The number of aliphatic imine (C=N–C) groups is 1. The molecule has 0 radical (unpaired) electrons. The van der Waals surface area contributed by atoms with Crippen LogP contribution in [-0.4, -0.2) is 47.4 Å². The van der Waals surface area contributed by atoms with Gasteiger partial charge in [-0.3, -0.25) is 9.39 Å². The van der Waals surface area contributed by atoms with Crippen LogP contribution in [0.5, 0.6) is 0 Å². The molecular formula is C12H18N6O. The SMILES string of the molecule is COCCN=C(N)NCCc1nnc2ccccn12. The largest absolute Gasteiger partial charge is 0.383 e. The topological polar surface area (TPSA) is 89.8 Å². The number of guanidine groups is 1. The minimum absolute atomic E-state index is 0.422. The summed E-state index contributed by atoms with van der Waals surface area (Å²) < 4.78 is 6.85. The average molecular weight is 262 g/mol. The van der Waals surface area contributed by atoms with Crippen molar-refractivity contribution in [2.24, 2.45) is 10.7 Å². The van der Waals surface area contributed by atoms with Crippen molar-refractivity contribution >= 4 is 11.6 Å². The first-order valence-corrected chi connectivity index (χ1v) is 6.12. The predicted octanol–water partition coefficient (Wildman–Crippen LogP) is -0.177. The third-order valence-corrected chi connectivity index (χ3v) is 2.62. The summed E-state index contributed by atoms with van der Waals surface area (Å²) in [5.41, 5.74) is 6.55. The molecule has 7 nitrogen and oxygen atoms in total. The summed E-state index contributed by atoms with van der Waals surface area (Å²) in [4.78, 5) is 4.11. The number of aromatic nitrogens is 3. The molecule has 2 rings (SSSR count). The summed E-state index contributed by atoms with van der Waals surface area (Å²) in [7, 11) is 1.63. The van der Waals surface area contributed by atoms with Crippen LogP contribution < -0.4 is 11.1 Å². The van der Waals surface area contributed by atoms with Crippen molar-refractivity contribution in [1.29, 1.82) is 0 Å². The molecule has 19 heavy (non-hydrogen) atoms. The highest BCUT2D eigenvalue weighted by Crippen LogP contribution is 2.02. The molecule has 0 aliphatic heterocycles. The summed E-state index contributed by atoms with van der Waals surface area (Å²) in [6, 6.07) is 5.81. The predicted molar refractivity (Wildman–Crippen MR) is 73.1 cm³/mol. The molecule has 0 aromatic carbocycles. The number of rotatable bonds is 6. The van der Waals surface area contributed by atoms with Gasteiger partial charge in [0.25, 0.3) is 0 Å². The summed E-state index contributed by atoms with van der Waals surface area (Å²) in [6.45, 7) is 1.79. The van der Waals surface area contributed by atoms with Crippen LogP contribution in [0.1, 0.15) is 5.82 Å². The van der Waals surface area contributed by atoms with Crippen molar-refractivity contribution in [1.82, 2.24) is 19.9 Å². The fraction of sp³-hybridized carbons (Fsp3) is 0.417. The quantitative estimate of drug-likeness (QED) is 0.428. The van der Waals surface area contributed by atoms with Crippen LogP contribution in [0.25, 0.3) is 5.65 Å². The lowest BCUT2D eigenvalue weighted by Gasteiger charge is -2.04. The fourth-order valence-corrected chi connectivity index (χ4v) is 1.68. The number of hydrogen-bond acceptors (Lipinski definition) is 4. The molecule has 102 valence electrons. The number of pyridine rings is 1. The molecule has 0 unspecified atom stereocenters. The second-order valence-electron chi connectivity index (χ2n) is 3.98. The van der Waals surface area contributed by atoms with Gasteiger partial charge in [0.05, 0.1) is 13.2 Å². The zero-order valence-electron chi connectivity index (χ0n) is 10.9. The van der Waals surface area contributed by atoms with Gasteiger partial charge in [0.15, 0.2) is 11.6 Å². The van der Waals surface area contributed by atoms with Gasteiger partial charge < -0.3 is 15.8 Å². The lowest BCUT2D eigenvalue weighted by molar-refractivity contribution is 0.208. The Kier molecular flexibility index (Phi) is 4.68.